The lowest BCUT2D eigenvalue weighted by atomic mass is 10.0. The highest BCUT2D eigenvalue weighted by molar-refractivity contribution is 7.99. The van der Waals surface area contributed by atoms with E-state index in [-0.39, 0.29) is 0 Å². The van der Waals surface area contributed by atoms with E-state index in [1.807, 2.05) is 0 Å². The van der Waals surface area contributed by atoms with Crippen molar-refractivity contribution in [1.82, 2.24) is 0 Å². The summed E-state index contributed by atoms with van der Waals surface area (Å²) in [4.78, 5) is -2.44. The third-order valence-electron chi connectivity index (χ3n) is 3.07. The van der Waals surface area contributed by atoms with Gasteiger partial charge < -0.3 is 0 Å². The Bertz CT molecular complexity index is 806. The first-order valence-electron chi connectivity index (χ1n) is 6.58. The molecule has 10 heteroatoms. The van der Waals surface area contributed by atoms with Gasteiger partial charge >= 0.3 is 0 Å². The predicted octanol–water partition coefficient (Wildman–Crippen LogP) is 6.26. The molecule has 0 unspecified atom stereocenters. The zero-order chi connectivity index (χ0) is 19.2. The molecule has 2 rings (SSSR count). The molecule has 0 spiro atoms. The van der Waals surface area contributed by atoms with Crippen LogP contribution in [0.15, 0.2) is 9.79 Å². The van der Waals surface area contributed by atoms with Gasteiger partial charge in [-0.05, 0) is 0 Å². The molecule has 0 saturated heterocycles. The Balaban J connectivity index is 2.92. The number of thioether (sulfide) groups is 1. The van der Waals surface area contributed by atoms with Gasteiger partial charge in [0.2, 0.25) is 0 Å². The van der Waals surface area contributed by atoms with E-state index in [9.17, 15) is 35.1 Å². The van der Waals surface area contributed by atoms with E-state index >= 15 is 0 Å². The van der Waals surface area contributed by atoms with Crippen molar-refractivity contribution in [3.8, 4) is 11.1 Å². The van der Waals surface area contributed by atoms with E-state index in [1.54, 1.807) is 0 Å². The Morgan fingerprint density at radius 1 is 0.600 bits per heavy atom. The monoisotopic (exact) mass is 404 g/mol. The molecular weight excluding hydrogens is 396 g/mol. The number of hydrogen-bond acceptors (Lipinski definition) is 2. The summed E-state index contributed by atoms with van der Waals surface area (Å²) in [5.74, 6) is -16.8. The van der Waals surface area contributed by atoms with Gasteiger partial charge in [-0.2, -0.15) is 0 Å². The van der Waals surface area contributed by atoms with E-state index in [0.717, 1.165) is 0 Å². The number of halogens is 8. The summed E-state index contributed by atoms with van der Waals surface area (Å²) in [5, 5.41) is -0.486. The third-order valence-corrected chi connectivity index (χ3v) is 4.53. The smallest absolute Gasteiger partial charge is 0.176 e. The normalized spacial score (nSPS) is 11.5. The molecule has 0 aliphatic rings. The Kier molecular flexibility index (Phi) is 5.62. The van der Waals surface area contributed by atoms with Gasteiger partial charge in [-0.3, -0.25) is 0 Å². The lowest BCUT2D eigenvalue weighted by Gasteiger charge is -2.15. The fraction of sp³-hybridized carbons (Fsp3) is 0.200. The minimum absolute atomic E-state index is 0.423. The number of rotatable bonds is 3. The number of thiol groups is 1. The van der Waals surface area contributed by atoms with E-state index in [0.29, 0.717) is 11.8 Å². The van der Waals surface area contributed by atoms with Crippen LogP contribution in [0.4, 0.5) is 35.1 Å². The van der Waals surface area contributed by atoms with Crippen LogP contribution < -0.4 is 0 Å². The second-order valence-corrected chi connectivity index (χ2v) is 7.14. The molecule has 2 aromatic carbocycles. The van der Waals surface area contributed by atoms with Gasteiger partial charge in [-0.1, -0.05) is 13.8 Å². The predicted molar refractivity (Wildman–Crippen MR) is 79.8 cm³/mol. The first-order valence-corrected chi connectivity index (χ1v) is 7.91. The molecule has 2 aromatic rings. The molecule has 0 aliphatic heterocycles. The molecule has 0 N–H and O–H groups in total. The van der Waals surface area contributed by atoms with E-state index in [2.05, 4.69) is 12.6 Å². The molecule has 0 aromatic heterocycles. The third kappa shape index (κ3) is 3.21. The SMILES string of the molecule is CC(C)Sc1c(F)c(F)c(-c2c(F)c(F)c(S)c(F)c2F)c(F)c1F. The molecule has 0 radical (unpaired) electrons. The van der Waals surface area contributed by atoms with Crippen LogP contribution in [0, 0.1) is 46.5 Å². The average Bonchev–Trinajstić information content (AvgIpc) is 2.56. The van der Waals surface area contributed by atoms with Crippen molar-refractivity contribution in [2.24, 2.45) is 0 Å². The van der Waals surface area contributed by atoms with Crippen LogP contribution in [-0.4, -0.2) is 5.25 Å². The van der Waals surface area contributed by atoms with Crippen LogP contribution in [-0.2, 0) is 0 Å². The number of benzene rings is 2. The molecule has 25 heavy (non-hydrogen) atoms. The van der Waals surface area contributed by atoms with Crippen LogP contribution in [0.2, 0.25) is 0 Å². The average molecular weight is 404 g/mol. The molecule has 0 fully saturated rings. The van der Waals surface area contributed by atoms with Gasteiger partial charge in [0.1, 0.15) is 0 Å². The quantitative estimate of drug-likeness (QED) is 0.273. The van der Waals surface area contributed by atoms with Crippen molar-refractivity contribution in [2.45, 2.75) is 28.9 Å². The first-order chi connectivity index (χ1) is 11.5. The maximum Gasteiger partial charge on any atom is 0.176 e. The molecular formula is C15H8F8S2. The van der Waals surface area contributed by atoms with Gasteiger partial charge in [0.05, 0.1) is 20.9 Å². The topological polar surface area (TPSA) is 0 Å². The van der Waals surface area contributed by atoms with E-state index < -0.39 is 72.7 Å². The molecule has 136 valence electrons. The molecule has 0 amide bonds. The zero-order valence-electron chi connectivity index (χ0n) is 12.5. The van der Waals surface area contributed by atoms with E-state index in [1.165, 1.54) is 13.8 Å². The van der Waals surface area contributed by atoms with Gasteiger partial charge in [0, 0.05) is 5.25 Å². The second-order valence-electron chi connectivity index (χ2n) is 5.11. The maximum absolute atomic E-state index is 14.2. The maximum atomic E-state index is 14.2. The van der Waals surface area contributed by atoms with Crippen LogP contribution in [0.5, 0.6) is 0 Å². The fourth-order valence-corrected chi connectivity index (χ4v) is 3.06. The highest BCUT2D eigenvalue weighted by Gasteiger charge is 2.33. The molecule has 0 heterocycles. The minimum atomic E-state index is -2.23. The van der Waals surface area contributed by atoms with Crippen molar-refractivity contribution in [2.75, 3.05) is 0 Å². The van der Waals surface area contributed by atoms with Gasteiger partial charge in [-0.25, -0.2) is 35.1 Å². The summed E-state index contributed by atoms with van der Waals surface area (Å²) in [6, 6.07) is 0. The van der Waals surface area contributed by atoms with E-state index in [4.69, 9.17) is 0 Å². The lowest BCUT2D eigenvalue weighted by Crippen LogP contribution is -2.09. The van der Waals surface area contributed by atoms with Crippen LogP contribution >= 0.6 is 24.4 Å². The molecule has 0 atom stereocenters. The second kappa shape index (κ2) is 7.06. The van der Waals surface area contributed by atoms with Crippen molar-refractivity contribution in [1.29, 1.82) is 0 Å². The number of hydrogen-bond donors (Lipinski definition) is 1. The highest BCUT2D eigenvalue weighted by Crippen LogP contribution is 2.41. The largest absolute Gasteiger partial charge is 0.203 e. The summed E-state index contributed by atoms with van der Waals surface area (Å²) in [6.45, 7) is 2.95. The Hall–Kier alpha value is -1.42. The standard InChI is InChI=1S/C15H8F8S2/c1-3(2)25-15-12(22)8(18)5(9(19)13(15)23)4-6(16)10(20)14(24)11(21)7(4)17/h3,24H,1-2H3. The Labute approximate surface area is 146 Å². The van der Waals surface area contributed by atoms with Crippen molar-refractivity contribution >= 4 is 24.4 Å². The van der Waals surface area contributed by atoms with Gasteiger partial charge in [0.25, 0.3) is 0 Å². The summed E-state index contributed by atoms with van der Waals surface area (Å²) < 4.78 is 111. The summed E-state index contributed by atoms with van der Waals surface area (Å²) in [5.41, 5.74) is -3.79. The van der Waals surface area contributed by atoms with Gasteiger partial charge in [0.15, 0.2) is 46.5 Å². The lowest BCUT2D eigenvalue weighted by molar-refractivity contribution is 0.415. The van der Waals surface area contributed by atoms with Crippen LogP contribution in [0.1, 0.15) is 13.8 Å². The molecule has 0 aliphatic carbocycles. The van der Waals surface area contributed by atoms with Crippen LogP contribution in [0.25, 0.3) is 11.1 Å². The molecule has 0 nitrogen and oxygen atoms in total. The first kappa shape index (κ1) is 19.9. The summed E-state index contributed by atoms with van der Waals surface area (Å²) in [6.07, 6.45) is 0. The summed E-state index contributed by atoms with van der Waals surface area (Å²) >= 11 is 3.61. The highest BCUT2D eigenvalue weighted by atomic mass is 32.2. The minimum Gasteiger partial charge on any atom is -0.203 e. The van der Waals surface area contributed by atoms with Crippen molar-refractivity contribution in [3.05, 3.63) is 46.5 Å². The zero-order valence-corrected chi connectivity index (χ0v) is 14.2. The Morgan fingerprint density at radius 2 is 0.920 bits per heavy atom. The molecule has 0 saturated carbocycles. The summed E-state index contributed by atoms with van der Waals surface area (Å²) in [7, 11) is 0. The van der Waals surface area contributed by atoms with Crippen molar-refractivity contribution in [3.63, 3.8) is 0 Å². The van der Waals surface area contributed by atoms with Crippen molar-refractivity contribution < 1.29 is 35.1 Å². The molecule has 0 bridgehead atoms. The Morgan fingerprint density at radius 3 is 1.24 bits per heavy atom. The van der Waals surface area contributed by atoms with Crippen LogP contribution in [0.3, 0.4) is 0 Å². The van der Waals surface area contributed by atoms with Gasteiger partial charge in [-0.15, -0.1) is 24.4 Å². The fourth-order valence-electron chi connectivity index (χ4n) is 2.01.